The first-order valence-electron chi connectivity index (χ1n) is 7.65. The first-order valence-corrected chi connectivity index (χ1v) is 7.65. The van der Waals surface area contributed by atoms with E-state index >= 15 is 0 Å². The molecule has 1 N–H and O–H groups in total. The lowest BCUT2D eigenvalue weighted by molar-refractivity contribution is -0.123. The van der Waals surface area contributed by atoms with E-state index in [4.69, 9.17) is 0 Å². The maximum absolute atomic E-state index is 12.0. The second-order valence-electron chi connectivity index (χ2n) is 6.51. The van der Waals surface area contributed by atoms with Crippen LogP contribution in [0.15, 0.2) is 0 Å². The first-order chi connectivity index (χ1) is 8.63. The molecule has 0 aromatic heterocycles. The predicted octanol–water partition coefficient (Wildman–Crippen LogP) is 2.41. The number of nitrogens with one attached hydrogen (secondary N) is 1. The fourth-order valence-corrected chi connectivity index (χ4v) is 3.31. The van der Waals surface area contributed by atoms with Gasteiger partial charge in [-0.05, 0) is 56.9 Å². The van der Waals surface area contributed by atoms with Crippen molar-refractivity contribution in [1.82, 2.24) is 10.2 Å². The Morgan fingerprint density at radius 1 is 1.11 bits per heavy atom. The minimum atomic E-state index is 0.239. The predicted molar refractivity (Wildman–Crippen MR) is 74.4 cm³/mol. The Labute approximate surface area is 111 Å². The SMILES string of the molecule is CC1CCC(NC(=O)CN2CCCC(C)C2)CC1. The molecule has 18 heavy (non-hydrogen) atoms. The maximum Gasteiger partial charge on any atom is 0.234 e. The van der Waals surface area contributed by atoms with Gasteiger partial charge in [-0.1, -0.05) is 13.8 Å². The van der Waals surface area contributed by atoms with Crippen molar-refractivity contribution in [3.63, 3.8) is 0 Å². The number of rotatable bonds is 3. The van der Waals surface area contributed by atoms with Crippen LogP contribution >= 0.6 is 0 Å². The van der Waals surface area contributed by atoms with Crippen LogP contribution in [-0.2, 0) is 4.79 Å². The van der Waals surface area contributed by atoms with E-state index in [0.717, 1.165) is 24.9 Å². The third kappa shape index (κ3) is 4.27. The zero-order chi connectivity index (χ0) is 13.0. The highest BCUT2D eigenvalue weighted by Gasteiger charge is 2.22. The van der Waals surface area contributed by atoms with Crippen molar-refractivity contribution in [2.45, 2.75) is 58.4 Å². The molecule has 0 aromatic carbocycles. The summed E-state index contributed by atoms with van der Waals surface area (Å²) in [7, 11) is 0. The lowest BCUT2D eigenvalue weighted by Crippen LogP contribution is -2.45. The summed E-state index contributed by atoms with van der Waals surface area (Å²) >= 11 is 0. The third-order valence-corrected chi connectivity index (χ3v) is 4.49. The molecule has 1 amide bonds. The van der Waals surface area contributed by atoms with Crippen LogP contribution in [0.2, 0.25) is 0 Å². The van der Waals surface area contributed by atoms with Gasteiger partial charge in [0, 0.05) is 12.6 Å². The highest BCUT2D eigenvalue weighted by atomic mass is 16.2. The van der Waals surface area contributed by atoms with Gasteiger partial charge in [0.25, 0.3) is 0 Å². The lowest BCUT2D eigenvalue weighted by atomic mass is 9.87. The Hall–Kier alpha value is -0.570. The van der Waals surface area contributed by atoms with Crippen molar-refractivity contribution in [1.29, 1.82) is 0 Å². The summed E-state index contributed by atoms with van der Waals surface area (Å²) in [6, 6.07) is 0.441. The smallest absolute Gasteiger partial charge is 0.234 e. The molecular formula is C15H28N2O. The number of hydrogen-bond donors (Lipinski definition) is 1. The standard InChI is InChI=1S/C15H28N2O/c1-12-5-7-14(8-6-12)16-15(18)11-17-9-3-4-13(2)10-17/h12-14H,3-11H2,1-2H3,(H,16,18). The summed E-state index contributed by atoms with van der Waals surface area (Å²) in [4.78, 5) is 14.3. The zero-order valence-electron chi connectivity index (χ0n) is 12.0. The molecule has 2 fully saturated rings. The molecule has 3 nitrogen and oxygen atoms in total. The molecule has 3 heteroatoms. The van der Waals surface area contributed by atoms with E-state index in [2.05, 4.69) is 24.1 Å². The molecule has 0 aromatic rings. The van der Waals surface area contributed by atoms with Crippen molar-refractivity contribution >= 4 is 5.91 Å². The molecule has 104 valence electrons. The van der Waals surface area contributed by atoms with Crippen LogP contribution in [0.4, 0.5) is 0 Å². The van der Waals surface area contributed by atoms with Crippen molar-refractivity contribution in [3.05, 3.63) is 0 Å². The van der Waals surface area contributed by atoms with Crippen LogP contribution in [-0.4, -0.2) is 36.5 Å². The molecule has 1 saturated carbocycles. The Balaban J connectivity index is 1.68. The first kappa shape index (κ1) is 13.9. The number of hydrogen-bond acceptors (Lipinski definition) is 2. The summed E-state index contributed by atoms with van der Waals surface area (Å²) in [5, 5.41) is 3.22. The van der Waals surface area contributed by atoms with Gasteiger partial charge in [0.05, 0.1) is 6.54 Å². The van der Waals surface area contributed by atoms with Gasteiger partial charge in [-0.2, -0.15) is 0 Å². The van der Waals surface area contributed by atoms with E-state index in [1.54, 1.807) is 0 Å². The molecule has 2 rings (SSSR count). The minimum absolute atomic E-state index is 0.239. The Bertz CT molecular complexity index is 272. The van der Waals surface area contributed by atoms with Gasteiger partial charge in [-0.25, -0.2) is 0 Å². The Morgan fingerprint density at radius 3 is 2.50 bits per heavy atom. The summed E-state index contributed by atoms with van der Waals surface area (Å²) < 4.78 is 0. The summed E-state index contributed by atoms with van der Waals surface area (Å²) in [5.41, 5.74) is 0. The molecular weight excluding hydrogens is 224 g/mol. The van der Waals surface area contributed by atoms with Gasteiger partial charge in [0.1, 0.15) is 0 Å². The fourth-order valence-electron chi connectivity index (χ4n) is 3.31. The fraction of sp³-hybridized carbons (Fsp3) is 0.933. The molecule has 0 bridgehead atoms. The zero-order valence-corrected chi connectivity index (χ0v) is 12.0. The number of carbonyl (C=O) groups is 1. The molecule has 2 aliphatic rings. The maximum atomic E-state index is 12.0. The topological polar surface area (TPSA) is 32.3 Å². The number of amides is 1. The number of nitrogens with zero attached hydrogens (tertiary/aromatic N) is 1. The van der Waals surface area contributed by atoms with Crippen molar-refractivity contribution < 1.29 is 4.79 Å². The second kappa shape index (κ2) is 6.55. The van der Waals surface area contributed by atoms with Gasteiger partial charge >= 0.3 is 0 Å². The van der Waals surface area contributed by atoms with Crippen molar-refractivity contribution in [2.24, 2.45) is 11.8 Å². The normalized spacial score (nSPS) is 34.2. The van der Waals surface area contributed by atoms with Gasteiger partial charge in [0.2, 0.25) is 5.91 Å². The second-order valence-corrected chi connectivity index (χ2v) is 6.51. The highest BCUT2D eigenvalue weighted by molar-refractivity contribution is 5.78. The van der Waals surface area contributed by atoms with Crippen LogP contribution in [0.3, 0.4) is 0 Å². The quantitative estimate of drug-likeness (QED) is 0.836. The van der Waals surface area contributed by atoms with E-state index < -0.39 is 0 Å². The van der Waals surface area contributed by atoms with Crippen LogP contribution in [0.1, 0.15) is 52.4 Å². The summed E-state index contributed by atoms with van der Waals surface area (Å²) in [6.45, 7) is 7.39. The number of likely N-dealkylation sites (tertiary alicyclic amines) is 1. The van der Waals surface area contributed by atoms with Gasteiger partial charge in [-0.15, -0.1) is 0 Å². The van der Waals surface area contributed by atoms with Crippen molar-refractivity contribution in [2.75, 3.05) is 19.6 Å². The van der Waals surface area contributed by atoms with Gasteiger partial charge in [0.15, 0.2) is 0 Å². The van der Waals surface area contributed by atoms with E-state index in [1.807, 2.05) is 0 Å². The van der Waals surface area contributed by atoms with Crippen LogP contribution in [0.5, 0.6) is 0 Å². The Kier molecular flexibility index (Phi) is 5.04. The largest absolute Gasteiger partial charge is 0.352 e. The third-order valence-electron chi connectivity index (χ3n) is 4.49. The molecule has 1 atom stereocenters. The lowest BCUT2D eigenvalue weighted by Gasteiger charge is -2.32. The van der Waals surface area contributed by atoms with E-state index in [1.165, 1.54) is 38.5 Å². The molecule has 0 radical (unpaired) electrons. The molecule has 1 heterocycles. The molecule has 1 unspecified atom stereocenters. The highest BCUT2D eigenvalue weighted by Crippen LogP contribution is 2.23. The van der Waals surface area contributed by atoms with Crippen LogP contribution in [0, 0.1) is 11.8 Å². The average Bonchev–Trinajstić information content (AvgIpc) is 2.32. The van der Waals surface area contributed by atoms with E-state index in [-0.39, 0.29) is 5.91 Å². The van der Waals surface area contributed by atoms with Crippen LogP contribution in [0.25, 0.3) is 0 Å². The van der Waals surface area contributed by atoms with Crippen molar-refractivity contribution in [3.8, 4) is 0 Å². The van der Waals surface area contributed by atoms with Gasteiger partial charge in [-0.3, -0.25) is 9.69 Å². The monoisotopic (exact) mass is 252 g/mol. The number of carbonyl (C=O) groups excluding carboxylic acids is 1. The average molecular weight is 252 g/mol. The molecule has 0 spiro atoms. The summed E-state index contributed by atoms with van der Waals surface area (Å²) in [5.74, 6) is 1.84. The van der Waals surface area contributed by atoms with Gasteiger partial charge < -0.3 is 5.32 Å². The summed E-state index contributed by atoms with van der Waals surface area (Å²) in [6.07, 6.45) is 7.44. The van der Waals surface area contributed by atoms with Crippen LogP contribution < -0.4 is 5.32 Å². The van der Waals surface area contributed by atoms with E-state index in [0.29, 0.717) is 12.6 Å². The molecule has 1 aliphatic heterocycles. The molecule has 1 saturated heterocycles. The molecule has 1 aliphatic carbocycles. The minimum Gasteiger partial charge on any atom is -0.352 e. The number of piperidine rings is 1. The van der Waals surface area contributed by atoms with E-state index in [9.17, 15) is 4.79 Å². The Morgan fingerprint density at radius 2 is 1.83 bits per heavy atom.